The standard InChI is InChI=1S/C12H19N5O/c1-3-5-8-13-10-6-7-11-15-16(9-4-2)12(18)17(11)14-10/h6-7H,3-5,8-9H2,1-2H3,(H,13,14). The Balaban J connectivity index is 2.27. The van der Waals surface area contributed by atoms with Gasteiger partial charge in [-0.1, -0.05) is 20.3 Å². The highest BCUT2D eigenvalue weighted by molar-refractivity contribution is 5.43. The van der Waals surface area contributed by atoms with Crippen LogP contribution in [0.4, 0.5) is 5.82 Å². The summed E-state index contributed by atoms with van der Waals surface area (Å²) in [5.41, 5.74) is 0.417. The minimum atomic E-state index is -0.175. The van der Waals surface area contributed by atoms with Gasteiger partial charge >= 0.3 is 5.69 Å². The second-order valence-electron chi connectivity index (χ2n) is 4.27. The number of fused-ring (bicyclic) bond motifs is 1. The molecule has 2 heterocycles. The van der Waals surface area contributed by atoms with E-state index in [0.717, 1.165) is 25.8 Å². The Bertz CT molecular complexity index is 571. The Hall–Kier alpha value is -1.85. The SMILES string of the molecule is CCCCNc1ccc2nn(CCC)c(=O)n2n1. The van der Waals surface area contributed by atoms with Gasteiger partial charge in [-0.15, -0.1) is 10.2 Å². The zero-order chi connectivity index (χ0) is 13.0. The summed E-state index contributed by atoms with van der Waals surface area (Å²) in [4.78, 5) is 12.0. The number of nitrogens with one attached hydrogen (secondary N) is 1. The molecule has 98 valence electrons. The van der Waals surface area contributed by atoms with Gasteiger partial charge < -0.3 is 5.32 Å². The number of aromatic nitrogens is 4. The summed E-state index contributed by atoms with van der Waals surface area (Å²) in [6, 6.07) is 3.67. The van der Waals surface area contributed by atoms with E-state index in [4.69, 9.17) is 0 Å². The first kappa shape index (κ1) is 12.6. The highest BCUT2D eigenvalue weighted by Gasteiger charge is 2.07. The fraction of sp³-hybridized carbons (Fsp3) is 0.583. The molecule has 0 amide bonds. The van der Waals surface area contributed by atoms with Crippen molar-refractivity contribution in [1.29, 1.82) is 0 Å². The fourth-order valence-electron chi connectivity index (χ4n) is 1.75. The first-order chi connectivity index (χ1) is 8.76. The second kappa shape index (κ2) is 5.66. The minimum Gasteiger partial charge on any atom is -0.369 e. The van der Waals surface area contributed by atoms with E-state index in [1.807, 2.05) is 19.1 Å². The van der Waals surface area contributed by atoms with Crippen LogP contribution in [0, 0.1) is 0 Å². The minimum absolute atomic E-state index is 0.175. The predicted octanol–water partition coefficient (Wildman–Crippen LogP) is 1.51. The normalized spacial score (nSPS) is 11.0. The largest absolute Gasteiger partial charge is 0.369 e. The van der Waals surface area contributed by atoms with Crippen LogP contribution < -0.4 is 11.0 Å². The third-order valence-electron chi connectivity index (χ3n) is 2.71. The molecule has 0 bridgehead atoms. The number of anilines is 1. The van der Waals surface area contributed by atoms with Gasteiger partial charge in [0.2, 0.25) is 0 Å². The monoisotopic (exact) mass is 249 g/mol. The lowest BCUT2D eigenvalue weighted by Crippen LogP contribution is -2.22. The van der Waals surface area contributed by atoms with Crippen LogP contribution in [0.2, 0.25) is 0 Å². The first-order valence-electron chi connectivity index (χ1n) is 6.47. The van der Waals surface area contributed by atoms with E-state index in [-0.39, 0.29) is 5.69 Å². The lowest BCUT2D eigenvalue weighted by atomic mass is 10.3. The van der Waals surface area contributed by atoms with Crippen LogP contribution in [0.5, 0.6) is 0 Å². The maximum atomic E-state index is 12.0. The Morgan fingerprint density at radius 2 is 2.06 bits per heavy atom. The molecule has 0 saturated carbocycles. The van der Waals surface area contributed by atoms with Crippen molar-refractivity contribution in [3.05, 3.63) is 22.6 Å². The molecule has 0 radical (unpaired) electrons. The topological polar surface area (TPSA) is 64.2 Å². The zero-order valence-electron chi connectivity index (χ0n) is 10.9. The molecule has 0 spiro atoms. The van der Waals surface area contributed by atoms with E-state index in [1.165, 1.54) is 9.20 Å². The molecule has 0 unspecified atom stereocenters. The van der Waals surface area contributed by atoms with E-state index in [0.29, 0.717) is 18.0 Å². The first-order valence-corrected chi connectivity index (χ1v) is 6.47. The molecule has 18 heavy (non-hydrogen) atoms. The molecule has 0 aliphatic rings. The van der Waals surface area contributed by atoms with Crippen molar-refractivity contribution in [2.45, 2.75) is 39.7 Å². The summed E-state index contributed by atoms with van der Waals surface area (Å²) < 4.78 is 2.81. The molecule has 0 atom stereocenters. The summed E-state index contributed by atoms with van der Waals surface area (Å²) in [5, 5.41) is 11.7. The van der Waals surface area contributed by atoms with Crippen LogP contribution in [0.15, 0.2) is 16.9 Å². The molecule has 2 rings (SSSR count). The van der Waals surface area contributed by atoms with Gasteiger partial charge in [0.05, 0.1) is 0 Å². The summed E-state index contributed by atoms with van der Waals surface area (Å²) in [6.07, 6.45) is 3.10. The average Bonchev–Trinajstić information content (AvgIpc) is 2.68. The molecule has 0 aliphatic heterocycles. The molecule has 0 aliphatic carbocycles. The molecular weight excluding hydrogens is 230 g/mol. The number of unbranched alkanes of at least 4 members (excludes halogenated alkanes) is 1. The van der Waals surface area contributed by atoms with Gasteiger partial charge in [-0.3, -0.25) is 0 Å². The maximum absolute atomic E-state index is 12.0. The van der Waals surface area contributed by atoms with E-state index in [2.05, 4.69) is 22.4 Å². The molecular formula is C12H19N5O. The van der Waals surface area contributed by atoms with Crippen molar-refractivity contribution < 1.29 is 0 Å². The van der Waals surface area contributed by atoms with E-state index in [1.54, 1.807) is 0 Å². The quantitative estimate of drug-likeness (QED) is 0.788. The van der Waals surface area contributed by atoms with Crippen molar-refractivity contribution in [2.75, 3.05) is 11.9 Å². The maximum Gasteiger partial charge on any atom is 0.367 e. The van der Waals surface area contributed by atoms with Crippen molar-refractivity contribution in [3.8, 4) is 0 Å². The van der Waals surface area contributed by atoms with Crippen LogP contribution in [0.3, 0.4) is 0 Å². The highest BCUT2D eigenvalue weighted by Crippen LogP contribution is 2.04. The van der Waals surface area contributed by atoms with Gasteiger partial charge in [0.1, 0.15) is 5.82 Å². The van der Waals surface area contributed by atoms with Gasteiger partial charge in [0.25, 0.3) is 0 Å². The van der Waals surface area contributed by atoms with Gasteiger partial charge in [-0.2, -0.15) is 4.52 Å². The zero-order valence-corrected chi connectivity index (χ0v) is 10.9. The Labute approximate surface area is 106 Å². The van der Waals surface area contributed by atoms with Crippen LogP contribution in [-0.2, 0) is 6.54 Å². The van der Waals surface area contributed by atoms with Gasteiger partial charge in [0, 0.05) is 13.1 Å². The molecule has 2 aromatic rings. The van der Waals surface area contributed by atoms with Gasteiger partial charge in [-0.25, -0.2) is 9.48 Å². The van der Waals surface area contributed by atoms with Crippen LogP contribution >= 0.6 is 0 Å². The van der Waals surface area contributed by atoms with Crippen LogP contribution in [-0.4, -0.2) is 25.9 Å². The number of rotatable bonds is 6. The molecule has 6 nitrogen and oxygen atoms in total. The van der Waals surface area contributed by atoms with Crippen LogP contribution in [0.25, 0.3) is 5.65 Å². The van der Waals surface area contributed by atoms with Crippen molar-refractivity contribution in [3.63, 3.8) is 0 Å². The molecule has 1 N–H and O–H groups in total. The summed E-state index contributed by atoms with van der Waals surface area (Å²) in [5.74, 6) is 0.717. The Morgan fingerprint density at radius 3 is 2.78 bits per heavy atom. The van der Waals surface area contributed by atoms with Gasteiger partial charge in [0.15, 0.2) is 5.65 Å². The highest BCUT2D eigenvalue weighted by atomic mass is 16.2. The summed E-state index contributed by atoms with van der Waals surface area (Å²) in [6.45, 7) is 5.65. The number of aryl methyl sites for hydroxylation is 1. The lowest BCUT2D eigenvalue weighted by molar-refractivity contribution is 0.577. The van der Waals surface area contributed by atoms with Crippen LogP contribution in [0.1, 0.15) is 33.1 Å². The molecule has 0 fully saturated rings. The van der Waals surface area contributed by atoms with Gasteiger partial charge in [-0.05, 0) is 25.0 Å². The third-order valence-corrected chi connectivity index (χ3v) is 2.71. The predicted molar refractivity (Wildman–Crippen MR) is 70.9 cm³/mol. The third kappa shape index (κ3) is 2.52. The molecule has 0 saturated heterocycles. The lowest BCUT2D eigenvalue weighted by Gasteiger charge is -2.03. The summed E-state index contributed by atoms with van der Waals surface area (Å²) in [7, 11) is 0. The van der Waals surface area contributed by atoms with Crippen molar-refractivity contribution in [1.82, 2.24) is 19.4 Å². The smallest absolute Gasteiger partial charge is 0.367 e. The second-order valence-corrected chi connectivity index (χ2v) is 4.27. The average molecular weight is 249 g/mol. The molecule has 6 heteroatoms. The number of hydrogen-bond donors (Lipinski definition) is 1. The number of hydrogen-bond acceptors (Lipinski definition) is 4. The number of nitrogens with zero attached hydrogens (tertiary/aromatic N) is 4. The van der Waals surface area contributed by atoms with E-state index < -0.39 is 0 Å². The Kier molecular flexibility index (Phi) is 3.96. The fourth-order valence-corrected chi connectivity index (χ4v) is 1.75. The summed E-state index contributed by atoms with van der Waals surface area (Å²) >= 11 is 0. The van der Waals surface area contributed by atoms with E-state index in [9.17, 15) is 4.79 Å². The molecule has 0 aromatic carbocycles. The van der Waals surface area contributed by atoms with Crippen molar-refractivity contribution in [2.24, 2.45) is 0 Å². The van der Waals surface area contributed by atoms with Crippen molar-refractivity contribution >= 4 is 11.5 Å². The van der Waals surface area contributed by atoms with E-state index >= 15 is 0 Å². The Morgan fingerprint density at radius 1 is 1.22 bits per heavy atom. The molecule has 2 aromatic heterocycles.